The number of nitrogens with one attached hydrogen (secondary N) is 1. The van der Waals surface area contributed by atoms with Gasteiger partial charge in [0.25, 0.3) is 5.91 Å². The van der Waals surface area contributed by atoms with Crippen LogP contribution in [0, 0.1) is 0 Å². The van der Waals surface area contributed by atoms with Crippen molar-refractivity contribution in [3.63, 3.8) is 0 Å². The van der Waals surface area contributed by atoms with Gasteiger partial charge in [0.1, 0.15) is 0 Å². The van der Waals surface area contributed by atoms with Crippen LogP contribution in [-0.4, -0.2) is 67.0 Å². The van der Waals surface area contributed by atoms with E-state index in [1.54, 1.807) is 24.0 Å². The van der Waals surface area contributed by atoms with Crippen molar-refractivity contribution in [3.8, 4) is 0 Å². The van der Waals surface area contributed by atoms with Gasteiger partial charge in [0.2, 0.25) is 5.91 Å². The van der Waals surface area contributed by atoms with Gasteiger partial charge in [0.15, 0.2) is 0 Å². The van der Waals surface area contributed by atoms with Crippen LogP contribution in [0.3, 0.4) is 0 Å². The average Bonchev–Trinajstić information content (AvgIpc) is 2.61. The molecule has 0 saturated carbocycles. The molecule has 1 fully saturated rings. The zero-order valence-electron chi connectivity index (χ0n) is 13.3. The molecular weight excluding hydrogens is 298 g/mol. The van der Waals surface area contributed by atoms with Crippen molar-refractivity contribution in [1.29, 1.82) is 0 Å². The van der Waals surface area contributed by atoms with E-state index in [1.807, 2.05) is 23.1 Å². The summed E-state index contributed by atoms with van der Waals surface area (Å²) in [4.78, 5) is 39.1. The number of hydrogen-bond acceptors (Lipinski definition) is 5. The Morgan fingerprint density at radius 3 is 2.26 bits per heavy atom. The molecule has 124 valence electrons. The quantitative estimate of drug-likeness (QED) is 0.888. The van der Waals surface area contributed by atoms with Crippen LogP contribution < -0.4 is 5.32 Å². The summed E-state index contributed by atoms with van der Waals surface area (Å²) in [5, 5.41) is 2.16. The third kappa shape index (κ3) is 4.29. The second-order valence-corrected chi connectivity index (χ2v) is 5.35. The predicted molar refractivity (Wildman–Crippen MR) is 83.9 cm³/mol. The summed E-state index contributed by atoms with van der Waals surface area (Å²) in [6, 6.07) is 8.67. The predicted octanol–water partition coefficient (Wildman–Crippen LogP) is 0.715. The first-order valence-electron chi connectivity index (χ1n) is 7.50. The summed E-state index contributed by atoms with van der Waals surface area (Å²) in [7, 11) is 1.21. The first-order valence-corrected chi connectivity index (χ1v) is 7.50. The molecule has 3 amide bonds. The number of alkyl carbamates (subject to hydrolysis) is 1. The second-order valence-electron chi connectivity index (χ2n) is 5.35. The lowest BCUT2D eigenvalue weighted by Crippen LogP contribution is -2.55. The van der Waals surface area contributed by atoms with Gasteiger partial charge in [-0.05, 0) is 19.1 Å². The van der Waals surface area contributed by atoms with E-state index in [9.17, 15) is 14.4 Å². The molecule has 0 radical (unpaired) electrons. The van der Waals surface area contributed by atoms with Crippen molar-refractivity contribution < 1.29 is 19.1 Å². The molecule has 1 aliphatic rings. The van der Waals surface area contributed by atoms with E-state index in [-0.39, 0.29) is 5.91 Å². The Hall–Kier alpha value is -2.41. The van der Waals surface area contributed by atoms with E-state index in [0.29, 0.717) is 31.7 Å². The summed E-state index contributed by atoms with van der Waals surface area (Å²) in [5.74, 6) is -0.406. The number of carbonyl (C=O) groups is 3. The van der Waals surface area contributed by atoms with Gasteiger partial charge >= 0.3 is 6.09 Å². The Balaban J connectivity index is 1.87. The van der Waals surface area contributed by atoms with E-state index in [2.05, 4.69) is 10.1 Å². The first kappa shape index (κ1) is 17.0. The maximum atomic E-state index is 12.4. The van der Waals surface area contributed by atoms with Crippen LogP contribution in [-0.2, 0) is 9.53 Å². The molecule has 7 heteroatoms. The lowest BCUT2D eigenvalue weighted by atomic mass is 10.1. The number of rotatable bonds is 3. The van der Waals surface area contributed by atoms with Gasteiger partial charge in [0.05, 0.1) is 13.2 Å². The molecule has 2 rings (SSSR count). The van der Waals surface area contributed by atoms with Crippen LogP contribution in [0.4, 0.5) is 4.79 Å². The first-order chi connectivity index (χ1) is 11.0. The Bertz CT molecular complexity index is 568. The molecule has 23 heavy (non-hydrogen) atoms. The summed E-state index contributed by atoms with van der Waals surface area (Å²) in [6.45, 7) is 3.97. The molecule has 1 aliphatic heterocycles. The minimum absolute atomic E-state index is 0.00286. The van der Waals surface area contributed by atoms with Gasteiger partial charge in [0, 0.05) is 31.7 Å². The Kier molecular flexibility index (Phi) is 5.70. The summed E-state index contributed by atoms with van der Waals surface area (Å²) >= 11 is 0. The third-order valence-electron chi connectivity index (χ3n) is 3.96. The third-order valence-corrected chi connectivity index (χ3v) is 3.96. The number of methoxy groups -OCH3 is 1. The molecule has 1 atom stereocenters. The van der Waals surface area contributed by atoms with Crippen molar-refractivity contribution in [2.45, 2.75) is 13.0 Å². The second kappa shape index (κ2) is 7.73. The van der Waals surface area contributed by atoms with Crippen LogP contribution in [0.2, 0.25) is 0 Å². The standard InChI is InChI=1S/C16H21N3O4/c1-12(14(20)17-16(22)23-2)18-8-10-19(11-9-18)15(21)13-6-4-3-5-7-13/h3-7,12H,8-11H2,1-2H3,(H,17,20,22)/t12-/m0/s1. The Labute approximate surface area is 135 Å². The van der Waals surface area contributed by atoms with Crippen molar-refractivity contribution in [2.24, 2.45) is 0 Å². The highest BCUT2D eigenvalue weighted by Crippen LogP contribution is 2.11. The highest BCUT2D eigenvalue weighted by Gasteiger charge is 2.28. The maximum absolute atomic E-state index is 12.4. The molecule has 0 bridgehead atoms. The van der Waals surface area contributed by atoms with Gasteiger partial charge < -0.3 is 9.64 Å². The molecule has 1 heterocycles. The molecule has 1 aromatic rings. The molecular formula is C16H21N3O4. The normalized spacial score (nSPS) is 16.5. The summed E-state index contributed by atoms with van der Waals surface area (Å²) in [5.41, 5.74) is 0.664. The fourth-order valence-electron chi connectivity index (χ4n) is 2.50. The largest absolute Gasteiger partial charge is 0.453 e. The van der Waals surface area contributed by atoms with E-state index in [4.69, 9.17) is 0 Å². The highest BCUT2D eigenvalue weighted by atomic mass is 16.5. The van der Waals surface area contributed by atoms with Crippen LogP contribution in [0.5, 0.6) is 0 Å². The number of piperazine rings is 1. The van der Waals surface area contributed by atoms with Crippen LogP contribution in [0.1, 0.15) is 17.3 Å². The minimum atomic E-state index is -0.764. The number of imide groups is 1. The van der Waals surface area contributed by atoms with Crippen LogP contribution >= 0.6 is 0 Å². The maximum Gasteiger partial charge on any atom is 0.413 e. The molecule has 0 aliphatic carbocycles. The van der Waals surface area contributed by atoms with Crippen molar-refractivity contribution >= 4 is 17.9 Å². The number of amides is 3. The number of carbonyl (C=O) groups excluding carboxylic acids is 3. The topological polar surface area (TPSA) is 79.0 Å². The zero-order valence-corrected chi connectivity index (χ0v) is 13.3. The lowest BCUT2D eigenvalue weighted by Gasteiger charge is -2.37. The van der Waals surface area contributed by atoms with Crippen molar-refractivity contribution in [2.75, 3.05) is 33.3 Å². The van der Waals surface area contributed by atoms with Crippen molar-refractivity contribution in [3.05, 3.63) is 35.9 Å². The minimum Gasteiger partial charge on any atom is -0.453 e. The Morgan fingerprint density at radius 2 is 1.70 bits per heavy atom. The summed E-state index contributed by atoms with van der Waals surface area (Å²) < 4.78 is 4.41. The van der Waals surface area contributed by atoms with Crippen LogP contribution in [0.25, 0.3) is 0 Å². The molecule has 0 aromatic heterocycles. The molecule has 1 N–H and O–H groups in total. The van der Waals surface area contributed by atoms with E-state index < -0.39 is 18.0 Å². The average molecular weight is 319 g/mol. The SMILES string of the molecule is COC(=O)NC(=O)[C@H](C)N1CCN(C(=O)c2ccccc2)CC1. The molecule has 1 aromatic carbocycles. The monoisotopic (exact) mass is 319 g/mol. The van der Waals surface area contributed by atoms with E-state index in [1.165, 1.54) is 7.11 Å². The van der Waals surface area contributed by atoms with Gasteiger partial charge in [-0.2, -0.15) is 0 Å². The van der Waals surface area contributed by atoms with Gasteiger partial charge in [-0.25, -0.2) is 4.79 Å². The number of benzene rings is 1. The number of hydrogen-bond donors (Lipinski definition) is 1. The highest BCUT2D eigenvalue weighted by molar-refractivity contribution is 5.95. The van der Waals surface area contributed by atoms with Crippen LogP contribution in [0.15, 0.2) is 30.3 Å². The fraction of sp³-hybridized carbons (Fsp3) is 0.438. The molecule has 1 saturated heterocycles. The Morgan fingerprint density at radius 1 is 1.09 bits per heavy atom. The molecule has 0 unspecified atom stereocenters. The van der Waals surface area contributed by atoms with Gasteiger partial charge in [-0.15, -0.1) is 0 Å². The smallest absolute Gasteiger partial charge is 0.413 e. The van der Waals surface area contributed by atoms with Crippen molar-refractivity contribution in [1.82, 2.24) is 15.1 Å². The lowest BCUT2D eigenvalue weighted by molar-refractivity contribution is -0.125. The summed E-state index contributed by atoms with van der Waals surface area (Å²) in [6.07, 6.45) is -0.764. The van der Waals surface area contributed by atoms with E-state index >= 15 is 0 Å². The molecule has 7 nitrogen and oxygen atoms in total. The zero-order chi connectivity index (χ0) is 16.8. The van der Waals surface area contributed by atoms with E-state index in [0.717, 1.165) is 0 Å². The van der Waals surface area contributed by atoms with Gasteiger partial charge in [-0.1, -0.05) is 18.2 Å². The van der Waals surface area contributed by atoms with Gasteiger partial charge in [-0.3, -0.25) is 19.8 Å². The number of ether oxygens (including phenoxy) is 1. The number of nitrogens with zero attached hydrogens (tertiary/aromatic N) is 2. The fourth-order valence-corrected chi connectivity index (χ4v) is 2.50. The molecule has 0 spiro atoms.